The Hall–Kier alpha value is -1.72. The van der Waals surface area contributed by atoms with Crippen molar-refractivity contribution >= 4 is 10.9 Å². The van der Waals surface area contributed by atoms with E-state index >= 15 is 0 Å². The van der Waals surface area contributed by atoms with Crippen molar-refractivity contribution in [2.75, 3.05) is 32.8 Å². The number of aromatic nitrogens is 2. The molecule has 0 saturated carbocycles. The van der Waals surface area contributed by atoms with E-state index in [0.717, 1.165) is 56.1 Å². The maximum atomic E-state index is 6.00. The van der Waals surface area contributed by atoms with Crippen molar-refractivity contribution in [1.82, 2.24) is 20.6 Å². The maximum absolute atomic E-state index is 6.00. The minimum Gasteiger partial charge on any atom is -0.494 e. The third-order valence-corrected chi connectivity index (χ3v) is 5.79. The molecule has 2 aliphatic rings. The first-order valence-electron chi connectivity index (χ1n) is 10.2. The molecule has 1 atom stereocenters. The van der Waals surface area contributed by atoms with Gasteiger partial charge < -0.3 is 15.4 Å². The van der Waals surface area contributed by atoms with Crippen molar-refractivity contribution < 1.29 is 4.74 Å². The van der Waals surface area contributed by atoms with Gasteiger partial charge >= 0.3 is 0 Å². The molecule has 1 aromatic carbocycles. The van der Waals surface area contributed by atoms with Crippen LogP contribution in [-0.2, 0) is 0 Å². The highest BCUT2D eigenvalue weighted by Crippen LogP contribution is 2.30. The van der Waals surface area contributed by atoms with E-state index in [1.165, 1.54) is 43.4 Å². The van der Waals surface area contributed by atoms with Gasteiger partial charge in [0.15, 0.2) is 0 Å². The topological polar surface area (TPSA) is 59.1 Å². The third-order valence-electron chi connectivity index (χ3n) is 5.79. The zero-order valence-corrected chi connectivity index (χ0v) is 15.5. The normalized spacial score (nSPS) is 21.8. The van der Waals surface area contributed by atoms with Gasteiger partial charge in [0.1, 0.15) is 12.1 Å². The van der Waals surface area contributed by atoms with Crippen molar-refractivity contribution in [3.63, 3.8) is 0 Å². The zero-order chi connectivity index (χ0) is 17.6. The van der Waals surface area contributed by atoms with Gasteiger partial charge in [0.25, 0.3) is 0 Å². The summed E-state index contributed by atoms with van der Waals surface area (Å²) >= 11 is 0. The molecule has 4 rings (SSSR count). The Bertz CT molecular complexity index is 708. The lowest BCUT2D eigenvalue weighted by molar-refractivity contribution is 0.276. The van der Waals surface area contributed by atoms with Crippen molar-refractivity contribution in [3.05, 3.63) is 30.2 Å². The first-order valence-corrected chi connectivity index (χ1v) is 10.2. The van der Waals surface area contributed by atoms with Gasteiger partial charge in [0, 0.05) is 17.4 Å². The van der Waals surface area contributed by atoms with Crippen molar-refractivity contribution in [2.24, 2.45) is 5.92 Å². The minimum absolute atomic E-state index is 0.539. The summed E-state index contributed by atoms with van der Waals surface area (Å²) in [6.45, 7) is 5.30. The van der Waals surface area contributed by atoms with Crippen LogP contribution in [-0.4, -0.2) is 42.8 Å². The molecule has 0 spiro atoms. The summed E-state index contributed by atoms with van der Waals surface area (Å²) in [7, 11) is 0. The fourth-order valence-corrected chi connectivity index (χ4v) is 4.30. The number of nitrogens with zero attached hydrogens (tertiary/aromatic N) is 2. The Morgan fingerprint density at radius 2 is 1.96 bits per heavy atom. The van der Waals surface area contributed by atoms with E-state index in [4.69, 9.17) is 4.74 Å². The Morgan fingerprint density at radius 3 is 2.81 bits per heavy atom. The molecule has 0 radical (unpaired) electrons. The summed E-state index contributed by atoms with van der Waals surface area (Å²) in [6.07, 6.45) is 9.06. The molecule has 140 valence electrons. The van der Waals surface area contributed by atoms with Gasteiger partial charge in [-0.3, -0.25) is 0 Å². The molecule has 2 aromatic rings. The molecular formula is C21H30N4O. The van der Waals surface area contributed by atoms with E-state index in [1.807, 2.05) is 0 Å². The van der Waals surface area contributed by atoms with Gasteiger partial charge in [-0.1, -0.05) is 0 Å². The quantitative estimate of drug-likeness (QED) is 0.780. The Labute approximate surface area is 155 Å². The van der Waals surface area contributed by atoms with Crippen LogP contribution in [0, 0.1) is 5.92 Å². The van der Waals surface area contributed by atoms with E-state index < -0.39 is 0 Å². The number of hydrogen-bond acceptors (Lipinski definition) is 5. The van der Waals surface area contributed by atoms with Crippen molar-refractivity contribution in [2.45, 2.75) is 44.4 Å². The lowest BCUT2D eigenvalue weighted by Gasteiger charge is -2.23. The zero-order valence-electron chi connectivity index (χ0n) is 15.5. The molecule has 3 heterocycles. The molecule has 5 heteroatoms. The predicted octanol–water partition coefficient (Wildman–Crippen LogP) is 3.26. The minimum atomic E-state index is 0.539. The summed E-state index contributed by atoms with van der Waals surface area (Å²) in [4.78, 5) is 9.09. The highest BCUT2D eigenvalue weighted by Gasteiger charge is 2.19. The van der Waals surface area contributed by atoms with E-state index in [1.54, 1.807) is 6.33 Å². The molecule has 0 aliphatic carbocycles. The molecule has 2 saturated heterocycles. The highest BCUT2D eigenvalue weighted by atomic mass is 16.5. The first-order chi connectivity index (χ1) is 12.9. The van der Waals surface area contributed by atoms with E-state index in [2.05, 4.69) is 38.8 Å². The fraction of sp³-hybridized carbons (Fsp3) is 0.619. The van der Waals surface area contributed by atoms with Crippen LogP contribution < -0.4 is 15.4 Å². The van der Waals surface area contributed by atoms with Crippen LogP contribution in [0.2, 0.25) is 0 Å². The van der Waals surface area contributed by atoms with Gasteiger partial charge in [-0.05, 0) is 82.8 Å². The molecule has 0 amide bonds. The number of ether oxygens (including phenoxy) is 1. The van der Waals surface area contributed by atoms with Crippen molar-refractivity contribution in [1.29, 1.82) is 0 Å². The molecule has 5 nitrogen and oxygen atoms in total. The van der Waals surface area contributed by atoms with Gasteiger partial charge in [-0.2, -0.15) is 0 Å². The monoisotopic (exact) mass is 354 g/mol. The first kappa shape index (κ1) is 17.7. The van der Waals surface area contributed by atoms with Crippen LogP contribution in [0.3, 0.4) is 0 Å². The lowest BCUT2D eigenvalue weighted by atomic mass is 9.92. The van der Waals surface area contributed by atoms with E-state index in [-0.39, 0.29) is 0 Å². The van der Waals surface area contributed by atoms with Gasteiger partial charge in [0.2, 0.25) is 0 Å². The number of hydrogen-bond donors (Lipinski definition) is 2. The Morgan fingerprint density at radius 1 is 1.04 bits per heavy atom. The van der Waals surface area contributed by atoms with Gasteiger partial charge in [-0.15, -0.1) is 0 Å². The number of nitrogens with one attached hydrogen (secondary N) is 2. The molecular weight excluding hydrogens is 324 g/mol. The highest BCUT2D eigenvalue weighted by molar-refractivity contribution is 5.82. The summed E-state index contributed by atoms with van der Waals surface area (Å²) in [6, 6.07) is 6.30. The predicted molar refractivity (Wildman–Crippen MR) is 105 cm³/mol. The fourth-order valence-electron chi connectivity index (χ4n) is 4.30. The molecule has 2 N–H and O–H groups in total. The van der Waals surface area contributed by atoms with Crippen LogP contribution in [0.1, 0.15) is 50.1 Å². The van der Waals surface area contributed by atoms with Gasteiger partial charge in [-0.25, -0.2) is 9.97 Å². The van der Waals surface area contributed by atoms with Crippen LogP contribution >= 0.6 is 0 Å². The third kappa shape index (κ3) is 4.33. The number of piperidine rings is 2. The van der Waals surface area contributed by atoms with Crippen LogP contribution in [0.4, 0.5) is 0 Å². The average molecular weight is 354 g/mol. The van der Waals surface area contributed by atoms with Crippen molar-refractivity contribution in [3.8, 4) is 5.75 Å². The number of rotatable bonds is 6. The van der Waals surface area contributed by atoms with Crippen LogP contribution in [0.5, 0.6) is 5.75 Å². The molecule has 0 bridgehead atoms. The lowest BCUT2D eigenvalue weighted by Crippen LogP contribution is -2.29. The smallest absolute Gasteiger partial charge is 0.121 e. The molecule has 1 aromatic heterocycles. The number of benzene rings is 1. The van der Waals surface area contributed by atoms with Crippen LogP contribution in [0.15, 0.2) is 24.5 Å². The molecule has 2 aliphatic heterocycles. The second-order valence-corrected chi connectivity index (χ2v) is 7.67. The standard InChI is InChI=1S/C21H30N4O/c1-3-16(14-23-9-1)4-2-12-26-18-5-6-19-20(13-18)24-15-25-21(19)17-7-10-22-11-8-17/h5-6,13,15-17,22-23H,1-4,7-12,14H2. The summed E-state index contributed by atoms with van der Waals surface area (Å²) in [5.41, 5.74) is 2.20. The average Bonchev–Trinajstić information content (AvgIpc) is 2.72. The molecule has 26 heavy (non-hydrogen) atoms. The largest absolute Gasteiger partial charge is 0.494 e. The molecule has 2 fully saturated rings. The maximum Gasteiger partial charge on any atom is 0.121 e. The van der Waals surface area contributed by atoms with Gasteiger partial charge in [0.05, 0.1) is 17.8 Å². The summed E-state index contributed by atoms with van der Waals surface area (Å²) < 4.78 is 6.00. The van der Waals surface area contributed by atoms with Crippen LogP contribution in [0.25, 0.3) is 10.9 Å². The SMILES string of the molecule is c1nc(C2CCNCC2)c2ccc(OCCCC3CCCNC3)cc2n1. The van der Waals surface area contributed by atoms with E-state index in [0.29, 0.717) is 5.92 Å². The second kappa shape index (κ2) is 8.78. The Kier molecular flexibility index (Phi) is 5.97. The summed E-state index contributed by atoms with van der Waals surface area (Å²) in [5, 5.41) is 8.09. The Balaban J connectivity index is 1.36. The molecule has 1 unspecified atom stereocenters. The van der Waals surface area contributed by atoms with E-state index in [9.17, 15) is 0 Å². The number of fused-ring (bicyclic) bond motifs is 1. The summed E-state index contributed by atoms with van der Waals surface area (Å²) in [5.74, 6) is 2.29. The second-order valence-electron chi connectivity index (χ2n) is 7.67.